The van der Waals surface area contributed by atoms with Gasteiger partial charge in [0, 0.05) is 12.6 Å². The van der Waals surface area contributed by atoms with Crippen molar-refractivity contribution >= 4 is 5.97 Å². The van der Waals surface area contributed by atoms with Crippen LogP contribution in [0.1, 0.15) is 39.5 Å². The fraction of sp³-hybridized carbons (Fsp3) is 0.917. The minimum atomic E-state index is -0.723. The van der Waals surface area contributed by atoms with E-state index in [1.54, 1.807) is 0 Å². The third-order valence-electron chi connectivity index (χ3n) is 3.69. The van der Waals surface area contributed by atoms with E-state index in [-0.39, 0.29) is 5.92 Å². The molecule has 0 saturated heterocycles. The van der Waals surface area contributed by atoms with E-state index in [0.717, 1.165) is 0 Å². The molecule has 2 N–H and O–H groups in total. The zero-order valence-corrected chi connectivity index (χ0v) is 10.4. The van der Waals surface area contributed by atoms with E-state index in [1.807, 2.05) is 7.05 Å². The van der Waals surface area contributed by atoms with Gasteiger partial charge in [0.2, 0.25) is 0 Å². The number of rotatable bonds is 4. The van der Waals surface area contributed by atoms with Crippen LogP contribution in [0.2, 0.25) is 0 Å². The zero-order valence-electron chi connectivity index (χ0n) is 10.4. The van der Waals surface area contributed by atoms with Gasteiger partial charge in [-0.15, -0.1) is 0 Å². The number of carboxylic acid groups (broad SMARTS) is 1. The van der Waals surface area contributed by atoms with Crippen LogP contribution in [0.5, 0.6) is 0 Å². The van der Waals surface area contributed by atoms with Crippen LogP contribution in [0, 0.1) is 5.92 Å². The second-order valence-corrected chi connectivity index (χ2v) is 5.35. The minimum Gasteiger partial charge on any atom is -0.481 e. The first kappa shape index (κ1) is 13.5. The van der Waals surface area contributed by atoms with Crippen molar-refractivity contribution in [2.75, 3.05) is 13.6 Å². The number of carboxylic acids is 1. The molecule has 0 amide bonds. The average Bonchev–Trinajstić information content (AvgIpc) is 2.17. The van der Waals surface area contributed by atoms with Crippen LogP contribution < -0.4 is 0 Å². The summed E-state index contributed by atoms with van der Waals surface area (Å²) < 4.78 is 0. The van der Waals surface area contributed by atoms with Gasteiger partial charge in [-0.3, -0.25) is 4.79 Å². The fourth-order valence-corrected chi connectivity index (χ4v) is 2.21. The maximum absolute atomic E-state index is 10.8. The lowest BCUT2D eigenvalue weighted by Gasteiger charge is -2.38. The van der Waals surface area contributed by atoms with Crippen molar-refractivity contribution in [2.45, 2.75) is 51.2 Å². The summed E-state index contributed by atoms with van der Waals surface area (Å²) in [6, 6.07) is 0.404. The fourth-order valence-electron chi connectivity index (χ4n) is 2.21. The number of nitrogens with zero attached hydrogens (tertiary/aromatic N) is 1. The van der Waals surface area contributed by atoms with E-state index in [0.29, 0.717) is 38.3 Å². The van der Waals surface area contributed by atoms with E-state index in [9.17, 15) is 9.90 Å². The second kappa shape index (κ2) is 5.15. The molecule has 0 spiro atoms. The van der Waals surface area contributed by atoms with Crippen molar-refractivity contribution in [3.63, 3.8) is 0 Å². The predicted molar refractivity (Wildman–Crippen MR) is 62.3 cm³/mol. The van der Waals surface area contributed by atoms with Crippen LogP contribution in [-0.2, 0) is 4.79 Å². The van der Waals surface area contributed by atoms with Crippen LogP contribution in [-0.4, -0.2) is 46.3 Å². The summed E-state index contributed by atoms with van der Waals surface area (Å²) in [6.07, 6.45) is 2.39. The molecule has 0 aromatic carbocycles. The summed E-state index contributed by atoms with van der Waals surface area (Å²) in [5.74, 6) is -0.983. The molecule has 4 heteroatoms. The quantitative estimate of drug-likeness (QED) is 0.763. The maximum atomic E-state index is 10.8. The molecule has 1 fully saturated rings. The highest BCUT2D eigenvalue weighted by molar-refractivity contribution is 5.70. The SMILES string of the molecule is CC(C)N(C)CC1(O)CCC(C(=O)O)CC1. The summed E-state index contributed by atoms with van der Waals surface area (Å²) in [6.45, 7) is 4.81. The monoisotopic (exact) mass is 229 g/mol. The number of hydrogen-bond acceptors (Lipinski definition) is 3. The van der Waals surface area contributed by atoms with Crippen LogP contribution in [0.15, 0.2) is 0 Å². The van der Waals surface area contributed by atoms with Crippen molar-refractivity contribution in [1.29, 1.82) is 0 Å². The number of hydrogen-bond donors (Lipinski definition) is 2. The molecule has 0 unspecified atom stereocenters. The minimum absolute atomic E-state index is 0.260. The molecule has 1 rings (SSSR count). The summed E-state index contributed by atoms with van der Waals surface area (Å²) >= 11 is 0. The van der Waals surface area contributed by atoms with E-state index >= 15 is 0 Å². The molecule has 0 radical (unpaired) electrons. The Balaban J connectivity index is 2.47. The molecule has 16 heavy (non-hydrogen) atoms. The Bertz CT molecular complexity index is 245. The van der Waals surface area contributed by atoms with E-state index < -0.39 is 11.6 Å². The Labute approximate surface area is 97.3 Å². The Hall–Kier alpha value is -0.610. The Kier molecular flexibility index (Phi) is 4.33. The van der Waals surface area contributed by atoms with Gasteiger partial charge >= 0.3 is 5.97 Å². The van der Waals surface area contributed by atoms with Gasteiger partial charge in [-0.2, -0.15) is 0 Å². The van der Waals surface area contributed by atoms with Gasteiger partial charge in [0.05, 0.1) is 11.5 Å². The normalized spacial score (nSPS) is 31.0. The third-order valence-corrected chi connectivity index (χ3v) is 3.69. The topological polar surface area (TPSA) is 60.8 Å². The predicted octanol–water partition coefficient (Wildman–Crippen LogP) is 1.33. The molecule has 0 aliphatic heterocycles. The molecule has 1 saturated carbocycles. The third kappa shape index (κ3) is 3.46. The number of carbonyl (C=O) groups is 1. The average molecular weight is 229 g/mol. The van der Waals surface area contributed by atoms with Crippen molar-refractivity contribution in [3.05, 3.63) is 0 Å². The van der Waals surface area contributed by atoms with Crippen molar-refractivity contribution in [1.82, 2.24) is 4.90 Å². The zero-order chi connectivity index (χ0) is 12.3. The lowest BCUT2D eigenvalue weighted by atomic mass is 9.78. The summed E-state index contributed by atoms with van der Waals surface area (Å²) in [4.78, 5) is 12.9. The lowest BCUT2D eigenvalue weighted by Crippen LogP contribution is -2.46. The van der Waals surface area contributed by atoms with Crippen LogP contribution in [0.4, 0.5) is 0 Å². The molecular formula is C12H23NO3. The highest BCUT2D eigenvalue weighted by atomic mass is 16.4. The molecule has 0 atom stereocenters. The Morgan fingerprint density at radius 1 is 1.44 bits per heavy atom. The number of aliphatic hydroxyl groups is 1. The van der Waals surface area contributed by atoms with Crippen molar-refractivity contribution in [3.8, 4) is 0 Å². The Morgan fingerprint density at radius 2 is 1.94 bits per heavy atom. The second-order valence-electron chi connectivity index (χ2n) is 5.35. The standard InChI is InChI=1S/C12H23NO3/c1-9(2)13(3)8-12(16)6-4-10(5-7-12)11(14)15/h9-10,16H,4-8H2,1-3H3,(H,14,15). The highest BCUT2D eigenvalue weighted by Crippen LogP contribution is 2.32. The Morgan fingerprint density at radius 3 is 2.31 bits per heavy atom. The first-order valence-corrected chi connectivity index (χ1v) is 5.99. The smallest absolute Gasteiger partial charge is 0.306 e. The maximum Gasteiger partial charge on any atom is 0.306 e. The first-order valence-electron chi connectivity index (χ1n) is 5.99. The van der Waals surface area contributed by atoms with Gasteiger partial charge in [0.1, 0.15) is 0 Å². The molecule has 1 aliphatic carbocycles. The van der Waals surface area contributed by atoms with Gasteiger partial charge in [-0.25, -0.2) is 0 Å². The molecule has 0 heterocycles. The highest BCUT2D eigenvalue weighted by Gasteiger charge is 2.36. The van der Waals surface area contributed by atoms with Crippen molar-refractivity contribution in [2.24, 2.45) is 5.92 Å². The molecule has 94 valence electrons. The van der Waals surface area contributed by atoms with E-state index in [2.05, 4.69) is 18.7 Å². The van der Waals surface area contributed by atoms with Gasteiger partial charge in [0.15, 0.2) is 0 Å². The molecule has 0 aromatic rings. The van der Waals surface area contributed by atoms with Gasteiger partial charge in [-0.05, 0) is 46.6 Å². The molecular weight excluding hydrogens is 206 g/mol. The molecule has 4 nitrogen and oxygen atoms in total. The largest absolute Gasteiger partial charge is 0.481 e. The molecule has 0 bridgehead atoms. The van der Waals surface area contributed by atoms with E-state index in [4.69, 9.17) is 5.11 Å². The van der Waals surface area contributed by atoms with E-state index in [1.165, 1.54) is 0 Å². The molecule has 0 aromatic heterocycles. The van der Waals surface area contributed by atoms with Crippen LogP contribution in [0.25, 0.3) is 0 Å². The van der Waals surface area contributed by atoms with Crippen LogP contribution in [0.3, 0.4) is 0 Å². The summed E-state index contributed by atoms with van der Waals surface area (Å²) in [7, 11) is 1.99. The molecule has 1 aliphatic rings. The van der Waals surface area contributed by atoms with Gasteiger partial charge in [0.25, 0.3) is 0 Å². The summed E-state index contributed by atoms with van der Waals surface area (Å²) in [5, 5.41) is 19.2. The van der Waals surface area contributed by atoms with Crippen molar-refractivity contribution < 1.29 is 15.0 Å². The number of likely N-dealkylation sites (N-methyl/N-ethyl adjacent to an activating group) is 1. The number of aliphatic carboxylic acids is 1. The summed E-state index contributed by atoms with van der Waals surface area (Å²) in [5.41, 5.74) is -0.690. The van der Waals surface area contributed by atoms with Gasteiger partial charge < -0.3 is 15.1 Å². The van der Waals surface area contributed by atoms with Gasteiger partial charge in [-0.1, -0.05) is 0 Å². The lowest BCUT2D eigenvalue weighted by molar-refractivity contribution is -0.145. The van der Waals surface area contributed by atoms with Crippen LogP contribution >= 0.6 is 0 Å². The first-order chi connectivity index (χ1) is 7.34.